The molecule has 7 nitrogen and oxygen atoms in total. The van der Waals surface area contributed by atoms with E-state index in [-0.39, 0.29) is 11.7 Å². The molecule has 30 heavy (non-hydrogen) atoms. The lowest BCUT2D eigenvalue weighted by Gasteiger charge is -2.09. The van der Waals surface area contributed by atoms with Crippen LogP contribution in [0.25, 0.3) is 16.4 Å². The third-order valence-electron chi connectivity index (χ3n) is 4.49. The normalized spacial score (nSPS) is 11.0. The summed E-state index contributed by atoms with van der Waals surface area (Å²) in [6, 6.07) is 13.7. The fourth-order valence-corrected chi connectivity index (χ4v) is 4.72. The Morgan fingerprint density at radius 3 is 2.73 bits per heavy atom. The van der Waals surface area contributed by atoms with Crippen LogP contribution in [0.3, 0.4) is 0 Å². The molecule has 0 fully saturated rings. The number of carbonyl (C=O) groups excluding carboxylic acids is 1. The van der Waals surface area contributed by atoms with Gasteiger partial charge in [0.05, 0.1) is 22.0 Å². The zero-order chi connectivity index (χ0) is 21.1. The van der Waals surface area contributed by atoms with Gasteiger partial charge in [-0.2, -0.15) is 5.10 Å². The van der Waals surface area contributed by atoms with Crippen molar-refractivity contribution in [3.8, 4) is 16.4 Å². The van der Waals surface area contributed by atoms with Crippen LogP contribution in [0.4, 0.5) is 5.69 Å². The standard InChI is InChI=1S/C21H22N6OS2/c1-4-26-20(18-9-6-10-29-18)23-24-21(26)30-13-19(28)22-16-7-5-8-17(12-16)27-15(3)11-14(2)25-27/h5-12H,4,13H2,1-3H3,(H,22,28). The average Bonchev–Trinajstić information content (AvgIpc) is 3.45. The number of nitrogens with one attached hydrogen (secondary N) is 1. The van der Waals surface area contributed by atoms with E-state index >= 15 is 0 Å². The molecule has 0 bridgehead atoms. The van der Waals surface area contributed by atoms with Crippen LogP contribution in [0.5, 0.6) is 0 Å². The first-order valence-electron chi connectivity index (χ1n) is 9.58. The minimum Gasteiger partial charge on any atom is -0.325 e. The summed E-state index contributed by atoms with van der Waals surface area (Å²) < 4.78 is 3.91. The van der Waals surface area contributed by atoms with E-state index in [9.17, 15) is 4.79 Å². The van der Waals surface area contributed by atoms with E-state index in [1.165, 1.54) is 11.8 Å². The summed E-state index contributed by atoms with van der Waals surface area (Å²) in [6.45, 7) is 6.77. The van der Waals surface area contributed by atoms with Gasteiger partial charge < -0.3 is 9.88 Å². The molecule has 4 aromatic rings. The van der Waals surface area contributed by atoms with E-state index in [2.05, 4.69) is 27.5 Å². The minimum atomic E-state index is -0.0890. The molecule has 1 N–H and O–H groups in total. The second-order valence-electron chi connectivity index (χ2n) is 6.75. The van der Waals surface area contributed by atoms with E-state index in [1.54, 1.807) is 11.3 Å². The molecule has 0 spiro atoms. The van der Waals surface area contributed by atoms with Gasteiger partial charge in [-0.25, -0.2) is 4.68 Å². The summed E-state index contributed by atoms with van der Waals surface area (Å²) in [5.41, 5.74) is 3.66. The Balaban J connectivity index is 1.43. The van der Waals surface area contributed by atoms with Gasteiger partial charge in [0.2, 0.25) is 5.91 Å². The molecule has 9 heteroatoms. The predicted molar refractivity (Wildman–Crippen MR) is 121 cm³/mol. The molecule has 0 radical (unpaired) electrons. The molecule has 3 aromatic heterocycles. The summed E-state index contributed by atoms with van der Waals surface area (Å²) in [6.07, 6.45) is 0. The molecule has 3 heterocycles. The molecular formula is C21H22N6OS2. The van der Waals surface area contributed by atoms with Crippen molar-refractivity contribution in [3.63, 3.8) is 0 Å². The topological polar surface area (TPSA) is 77.6 Å². The highest BCUT2D eigenvalue weighted by atomic mass is 32.2. The number of benzene rings is 1. The lowest BCUT2D eigenvalue weighted by molar-refractivity contribution is -0.113. The molecule has 0 unspecified atom stereocenters. The number of hydrogen-bond acceptors (Lipinski definition) is 6. The second-order valence-corrected chi connectivity index (χ2v) is 8.64. The molecule has 4 rings (SSSR count). The summed E-state index contributed by atoms with van der Waals surface area (Å²) >= 11 is 3.02. The first kappa shape index (κ1) is 20.4. The Labute approximate surface area is 183 Å². The molecule has 1 amide bonds. The molecule has 0 aliphatic carbocycles. The smallest absolute Gasteiger partial charge is 0.234 e. The Morgan fingerprint density at radius 1 is 1.17 bits per heavy atom. The summed E-state index contributed by atoms with van der Waals surface area (Å²) in [5, 5.41) is 18.8. The number of aromatic nitrogens is 5. The Hall–Kier alpha value is -2.91. The number of aryl methyl sites for hydroxylation is 2. The first-order chi connectivity index (χ1) is 14.5. The van der Waals surface area contributed by atoms with Gasteiger partial charge >= 0.3 is 0 Å². The van der Waals surface area contributed by atoms with Crippen LogP contribution < -0.4 is 5.32 Å². The van der Waals surface area contributed by atoms with Crippen molar-refractivity contribution in [2.75, 3.05) is 11.1 Å². The highest BCUT2D eigenvalue weighted by Gasteiger charge is 2.15. The van der Waals surface area contributed by atoms with Gasteiger partial charge in [0.25, 0.3) is 0 Å². The number of anilines is 1. The SMILES string of the molecule is CCn1c(SCC(=O)Nc2cccc(-n3nc(C)cc3C)c2)nnc1-c1cccs1. The van der Waals surface area contributed by atoms with E-state index in [4.69, 9.17) is 0 Å². The number of thiophene rings is 1. The molecule has 0 aliphatic heterocycles. The van der Waals surface area contributed by atoms with Crippen molar-refractivity contribution in [2.45, 2.75) is 32.5 Å². The van der Waals surface area contributed by atoms with Crippen LogP contribution in [0, 0.1) is 13.8 Å². The lowest BCUT2D eigenvalue weighted by atomic mass is 10.2. The maximum atomic E-state index is 12.5. The Bertz CT molecular complexity index is 1160. The quantitative estimate of drug-likeness (QED) is 0.428. The van der Waals surface area contributed by atoms with Gasteiger partial charge in [0.15, 0.2) is 11.0 Å². The third-order valence-corrected chi connectivity index (χ3v) is 6.32. The van der Waals surface area contributed by atoms with Gasteiger partial charge in [-0.15, -0.1) is 21.5 Å². The zero-order valence-corrected chi connectivity index (χ0v) is 18.6. The van der Waals surface area contributed by atoms with E-state index in [1.807, 2.05) is 70.9 Å². The monoisotopic (exact) mass is 438 g/mol. The number of thioether (sulfide) groups is 1. The predicted octanol–water partition coefficient (Wildman–Crippen LogP) is 4.56. The van der Waals surface area contributed by atoms with Crippen molar-refractivity contribution in [3.05, 3.63) is 59.2 Å². The maximum absolute atomic E-state index is 12.5. The number of nitrogens with zero attached hydrogens (tertiary/aromatic N) is 5. The summed E-state index contributed by atoms with van der Waals surface area (Å²) in [4.78, 5) is 13.6. The third kappa shape index (κ3) is 4.31. The van der Waals surface area contributed by atoms with Crippen molar-refractivity contribution in [2.24, 2.45) is 0 Å². The van der Waals surface area contributed by atoms with Crippen LogP contribution >= 0.6 is 23.1 Å². The van der Waals surface area contributed by atoms with Crippen LogP contribution in [0.2, 0.25) is 0 Å². The van der Waals surface area contributed by atoms with Gasteiger partial charge in [0.1, 0.15) is 0 Å². The fraction of sp³-hybridized carbons (Fsp3) is 0.238. The molecule has 154 valence electrons. The van der Waals surface area contributed by atoms with Gasteiger partial charge in [-0.3, -0.25) is 4.79 Å². The summed E-state index contributed by atoms with van der Waals surface area (Å²) in [5.74, 6) is 1.01. The second kappa shape index (κ2) is 8.85. The lowest BCUT2D eigenvalue weighted by Crippen LogP contribution is -2.15. The van der Waals surface area contributed by atoms with Crippen molar-refractivity contribution >= 4 is 34.7 Å². The van der Waals surface area contributed by atoms with Crippen molar-refractivity contribution in [1.29, 1.82) is 0 Å². The number of carbonyl (C=O) groups is 1. The molecular weight excluding hydrogens is 416 g/mol. The van der Waals surface area contributed by atoms with Crippen LogP contribution in [-0.4, -0.2) is 36.2 Å². The van der Waals surface area contributed by atoms with E-state index in [0.29, 0.717) is 0 Å². The van der Waals surface area contributed by atoms with E-state index < -0.39 is 0 Å². The highest BCUT2D eigenvalue weighted by molar-refractivity contribution is 7.99. The highest BCUT2D eigenvalue weighted by Crippen LogP contribution is 2.27. The fourth-order valence-electron chi connectivity index (χ4n) is 3.20. The van der Waals surface area contributed by atoms with Gasteiger partial charge in [-0.1, -0.05) is 23.9 Å². The number of amides is 1. The summed E-state index contributed by atoms with van der Waals surface area (Å²) in [7, 11) is 0. The van der Waals surface area contributed by atoms with Crippen LogP contribution in [-0.2, 0) is 11.3 Å². The molecule has 0 aliphatic rings. The Morgan fingerprint density at radius 2 is 2.03 bits per heavy atom. The average molecular weight is 439 g/mol. The minimum absolute atomic E-state index is 0.0890. The van der Waals surface area contributed by atoms with Crippen molar-refractivity contribution < 1.29 is 4.79 Å². The zero-order valence-electron chi connectivity index (χ0n) is 17.0. The molecule has 0 saturated heterocycles. The van der Waals surface area contributed by atoms with Crippen LogP contribution in [0.15, 0.2) is 53.0 Å². The largest absolute Gasteiger partial charge is 0.325 e. The van der Waals surface area contributed by atoms with Crippen molar-refractivity contribution in [1.82, 2.24) is 24.5 Å². The Kier molecular flexibility index (Phi) is 6.01. The first-order valence-corrected chi connectivity index (χ1v) is 11.4. The van der Waals surface area contributed by atoms with Crippen LogP contribution in [0.1, 0.15) is 18.3 Å². The molecule has 1 aromatic carbocycles. The molecule has 0 saturated carbocycles. The van der Waals surface area contributed by atoms with E-state index in [0.717, 1.165) is 45.2 Å². The molecule has 0 atom stereocenters. The number of rotatable bonds is 7. The maximum Gasteiger partial charge on any atom is 0.234 e. The number of hydrogen-bond donors (Lipinski definition) is 1. The van der Waals surface area contributed by atoms with Gasteiger partial charge in [-0.05, 0) is 56.5 Å². The van der Waals surface area contributed by atoms with Gasteiger partial charge in [0, 0.05) is 17.9 Å².